The maximum atomic E-state index is 12.6. The Balaban J connectivity index is 0.00000248. The lowest BCUT2D eigenvalue weighted by Crippen LogP contribution is -2.26. The van der Waals surface area contributed by atoms with Gasteiger partial charge in [0.05, 0.1) is 11.0 Å². The summed E-state index contributed by atoms with van der Waals surface area (Å²) in [6, 6.07) is 7.29. The van der Waals surface area contributed by atoms with Gasteiger partial charge in [-0.1, -0.05) is 40.7 Å². The third-order valence-electron chi connectivity index (χ3n) is 5.76. The summed E-state index contributed by atoms with van der Waals surface area (Å²) in [5.74, 6) is 1.45. The quantitative estimate of drug-likeness (QED) is 0.146. The summed E-state index contributed by atoms with van der Waals surface area (Å²) in [4.78, 5) is 34.4. The number of benzene rings is 1. The summed E-state index contributed by atoms with van der Waals surface area (Å²) in [5.41, 5.74) is 3.87. The van der Waals surface area contributed by atoms with Crippen LogP contribution in [0.3, 0.4) is 0 Å². The average Bonchev–Trinajstić information content (AvgIpc) is 3.31. The molecule has 0 aliphatic rings. The number of hydrogen-bond acceptors (Lipinski definition) is 7. The van der Waals surface area contributed by atoms with Crippen LogP contribution in [-0.2, 0) is 4.79 Å². The van der Waals surface area contributed by atoms with Gasteiger partial charge in [0.2, 0.25) is 0 Å². The maximum absolute atomic E-state index is 12.6. The molecule has 7 nitrogen and oxygen atoms in total. The van der Waals surface area contributed by atoms with Crippen LogP contribution in [0.2, 0.25) is 0 Å². The number of aromatic nitrogens is 2. The van der Waals surface area contributed by atoms with E-state index in [1.807, 2.05) is 49.8 Å². The maximum Gasteiger partial charge on any atom is 0.353 e. The van der Waals surface area contributed by atoms with Crippen molar-refractivity contribution in [1.82, 2.24) is 9.55 Å². The van der Waals surface area contributed by atoms with E-state index in [0.29, 0.717) is 58.5 Å². The van der Waals surface area contributed by atoms with Crippen molar-refractivity contribution in [2.24, 2.45) is 10.9 Å². The predicted octanol–water partition coefficient (Wildman–Crippen LogP) is 7.51. The van der Waals surface area contributed by atoms with Crippen molar-refractivity contribution < 1.29 is 15.8 Å². The van der Waals surface area contributed by atoms with Crippen molar-refractivity contribution in [2.45, 2.75) is 73.6 Å². The van der Waals surface area contributed by atoms with E-state index in [9.17, 15) is 9.59 Å². The minimum Gasteiger partial charge on any atom is -0.422 e. The van der Waals surface area contributed by atoms with Crippen LogP contribution in [-0.4, -0.2) is 34.9 Å². The van der Waals surface area contributed by atoms with E-state index in [0.717, 1.165) is 36.0 Å². The Bertz CT molecular complexity index is 1330. The predicted molar refractivity (Wildman–Crippen MR) is 161 cm³/mol. The third-order valence-corrected chi connectivity index (χ3v) is 6.75. The fraction of sp³-hybridized carbons (Fsp3) is 0.467. The number of ketones is 1. The van der Waals surface area contributed by atoms with Crippen LogP contribution in [0.5, 0.6) is 5.75 Å². The number of hydrogen-bond donors (Lipinski definition) is 1. The van der Waals surface area contributed by atoms with Gasteiger partial charge in [-0.2, -0.15) is 0 Å². The number of carbonyl (C=O) groups excluding carboxylic acids is 2. The lowest BCUT2D eigenvalue weighted by Gasteiger charge is -2.16. The molecule has 0 saturated carbocycles. The molecule has 0 spiro atoms. The van der Waals surface area contributed by atoms with Gasteiger partial charge in [0.25, 0.3) is 0 Å². The van der Waals surface area contributed by atoms with E-state index in [1.165, 1.54) is 11.3 Å². The second-order valence-corrected chi connectivity index (χ2v) is 10.3. The summed E-state index contributed by atoms with van der Waals surface area (Å²) >= 11 is 1.37. The van der Waals surface area contributed by atoms with Gasteiger partial charge >= 0.3 is 5.97 Å². The Hall–Kier alpha value is -3.26. The first-order valence-electron chi connectivity index (χ1n) is 13.4. The molecule has 0 saturated heterocycles. The molecule has 0 aliphatic carbocycles. The molecule has 3 aromatic rings. The standard InChI is InChI=1S/C28H36N4O3S.C2H6.H2/c1-18(2)16-21(33)10-8-7-9-14-30-26-27(29-6)32(19(3)4)24-12-11-22(17-23(24)31-26)35-28(34)25-20(5)13-15-36-25;1-2;/h11-13,15,17-18H,3,7-10,14,16H2,1-2,4-6H3,(H,30,31);1-2H3;1H. The molecule has 3 rings (SSSR count). The van der Waals surface area contributed by atoms with Crippen LogP contribution < -0.4 is 15.5 Å². The zero-order valence-corrected chi connectivity index (χ0v) is 24.7. The summed E-state index contributed by atoms with van der Waals surface area (Å²) in [5, 5.41) is 5.28. The summed E-state index contributed by atoms with van der Waals surface area (Å²) < 4.78 is 7.59. The number of nitrogens with zero attached hydrogens (tertiary/aromatic N) is 3. The first-order valence-corrected chi connectivity index (χ1v) is 14.3. The van der Waals surface area contributed by atoms with Gasteiger partial charge in [-0.05, 0) is 61.7 Å². The number of thiophene rings is 1. The van der Waals surface area contributed by atoms with Crippen molar-refractivity contribution in [3.63, 3.8) is 0 Å². The van der Waals surface area contributed by atoms with E-state index in [1.54, 1.807) is 19.2 Å². The van der Waals surface area contributed by atoms with Gasteiger partial charge in [-0.15, -0.1) is 11.3 Å². The molecular weight excluding hydrogens is 496 g/mol. The Morgan fingerprint density at radius 2 is 1.95 bits per heavy atom. The Morgan fingerprint density at radius 3 is 2.55 bits per heavy atom. The Labute approximate surface area is 232 Å². The molecule has 2 heterocycles. The first-order chi connectivity index (χ1) is 18.2. The molecule has 0 bridgehead atoms. The zero-order chi connectivity index (χ0) is 28.2. The Morgan fingerprint density at radius 1 is 1.21 bits per heavy atom. The van der Waals surface area contributed by atoms with Gasteiger partial charge in [-0.25, -0.2) is 9.78 Å². The third kappa shape index (κ3) is 8.38. The molecule has 0 amide bonds. The summed E-state index contributed by atoms with van der Waals surface area (Å²) in [6.07, 6.45) is 4.08. The molecule has 1 N–H and O–H groups in total. The minimum absolute atomic E-state index is 0. The van der Waals surface area contributed by atoms with Crippen molar-refractivity contribution in [2.75, 3.05) is 18.9 Å². The summed E-state index contributed by atoms with van der Waals surface area (Å²) in [6.45, 7) is 16.8. The molecule has 2 aromatic heterocycles. The number of unbranched alkanes of at least 4 members (excludes halogenated alkanes) is 2. The van der Waals surface area contributed by atoms with Crippen LogP contribution in [0.4, 0.5) is 5.82 Å². The molecule has 8 heteroatoms. The van der Waals surface area contributed by atoms with Crippen molar-refractivity contribution in [3.05, 3.63) is 52.2 Å². The average molecular weight is 541 g/mol. The topological polar surface area (TPSA) is 85.6 Å². The molecule has 1 aromatic carbocycles. The van der Waals surface area contributed by atoms with Crippen LogP contribution in [0.25, 0.3) is 16.7 Å². The van der Waals surface area contributed by atoms with Crippen LogP contribution in [0, 0.1) is 12.8 Å². The number of anilines is 1. The molecule has 0 radical (unpaired) electrons. The molecular formula is C30H44N4O3S. The second kappa shape index (κ2) is 15.2. The number of Topliss-reactive ketones (excluding diaryl/α,β-unsaturated/α-hetero) is 1. The van der Waals surface area contributed by atoms with Gasteiger partial charge in [0.1, 0.15) is 16.4 Å². The molecule has 0 aliphatic heterocycles. The number of fused-ring (bicyclic) bond motifs is 1. The second-order valence-electron chi connectivity index (χ2n) is 9.43. The highest BCUT2D eigenvalue weighted by atomic mass is 32.1. The lowest BCUT2D eigenvalue weighted by atomic mass is 10.0. The number of esters is 1. The largest absolute Gasteiger partial charge is 0.422 e. The fourth-order valence-corrected chi connectivity index (χ4v) is 4.87. The van der Waals surface area contributed by atoms with E-state index in [-0.39, 0.29) is 7.40 Å². The van der Waals surface area contributed by atoms with Gasteiger partial charge in [-0.3, -0.25) is 14.4 Å². The van der Waals surface area contributed by atoms with Gasteiger partial charge < -0.3 is 10.1 Å². The highest BCUT2D eigenvalue weighted by molar-refractivity contribution is 7.12. The SMILES string of the molecule is C=C(C)n1c(=NC)c(NCCCCCC(=O)CC(C)C)nc2cc(OC(=O)c3sccc3C)ccc21.CC.[HH]. The number of aryl methyl sites for hydroxylation is 1. The molecule has 208 valence electrons. The monoisotopic (exact) mass is 540 g/mol. The van der Waals surface area contributed by atoms with E-state index in [4.69, 9.17) is 9.72 Å². The number of ether oxygens (including phenoxy) is 1. The summed E-state index contributed by atoms with van der Waals surface area (Å²) in [7, 11) is 1.73. The molecule has 0 unspecified atom stereocenters. The van der Waals surface area contributed by atoms with Crippen LogP contribution >= 0.6 is 11.3 Å². The number of carbonyl (C=O) groups is 2. The van der Waals surface area contributed by atoms with Crippen LogP contribution in [0.1, 0.15) is 83.4 Å². The molecule has 0 atom stereocenters. The zero-order valence-electron chi connectivity index (χ0n) is 23.9. The fourth-order valence-electron chi connectivity index (χ4n) is 4.07. The van der Waals surface area contributed by atoms with Gasteiger partial charge in [0, 0.05) is 39.6 Å². The highest BCUT2D eigenvalue weighted by Crippen LogP contribution is 2.24. The first kappa shape index (κ1) is 31.0. The van der Waals surface area contributed by atoms with E-state index >= 15 is 0 Å². The number of rotatable bonds is 12. The van der Waals surface area contributed by atoms with Crippen molar-refractivity contribution >= 4 is 45.6 Å². The van der Waals surface area contributed by atoms with E-state index in [2.05, 4.69) is 30.7 Å². The number of allylic oxidation sites excluding steroid dienone is 1. The normalized spacial score (nSPS) is 11.3. The van der Waals surface area contributed by atoms with Gasteiger partial charge in [0.15, 0.2) is 11.3 Å². The lowest BCUT2D eigenvalue weighted by molar-refractivity contribution is -0.119. The minimum atomic E-state index is -0.375. The molecule has 0 fully saturated rings. The Kier molecular flexibility index (Phi) is 12.4. The highest BCUT2D eigenvalue weighted by Gasteiger charge is 2.15. The van der Waals surface area contributed by atoms with Crippen molar-refractivity contribution in [1.29, 1.82) is 0 Å². The van der Waals surface area contributed by atoms with E-state index < -0.39 is 0 Å². The van der Waals surface area contributed by atoms with Crippen LogP contribution in [0.15, 0.2) is 41.2 Å². The molecule has 38 heavy (non-hydrogen) atoms. The smallest absolute Gasteiger partial charge is 0.353 e. The number of nitrogens with one attached hydrogen (secondary N) is 1. The van der Waals surface area contributed by atoms with Crippen molar-refractivity contribution in [3.8, 4) is 5.75 Å².